The summed E-state index contributed by atoms with van der Waals surface area (Å²) in [5.41, 5.74) is 5.09. The highest BCUT2D eigenvalue weighted by molar-refractivity contribution is 8.00. The van der Waals surface area contributed by atoms with E-state index < -0.39 is 5.54 Å². The number of hydrogen-bond acceptors (Lipinski definition) is 4. The van der Waals surface area contributed by atoms with Gasteiger partial charge < -0.3 is 5.73 Å². The molecular formula is C12H18N2OS2. The lowest BCUT2D eigenvalue weighted by atomic mass is 9.88. The van der Waals surface area contributed by atoms with Crippen LogP contribution in [0.25, 0.3) is 0 Å². The van der Waals surface area contributed by atoms with E-state index in [4.69, 9.17) is 5.73 Å². The van der Waals surface area contributed by atoms with Crippen LogP contribution in [0, 0.1) is 0 Å². The van der Waals surface area contributed by atoms with Gasteiger partial charge in [0.15, 0.2) is 0 Å². The van der Waals surface area contributed by atoms with Gasteiger partial charge in [-0.15, -0.1) is 11.3 Å². The molecule has 3 N–H and O–H groups in total. The minimum absolute atomic E-state index is 0.214. The number of carbonyl (C=O) groups excluding carboxylic acids is 1. The predicted octanol–water partition coefficient (Wildman–Crippen LogP) is 1.98. The topological polar surface area (TPSA) is 55.1 Å². The van der Waals surface area contributed by atoms with E-state index in [2.05, 4.69) is 18.3 Å². The molecular weight excluding hydrogens is 252 g/mol. The van der Waals surface area contributed by atoms with E-state index in [-0.39, 0.29) is 11.2 Å². The number of primary amides is 1. The van der Waals surface area contributed by atoms with Gasteiger partial charge in [-0.25, -0.2) is 0 Å². The smallest absolute Gasteiger partial charge is 0.238 e. The fourth-order valence-corrected chi connectivity index (χ4v) is 4.17. The second kappa shape index (κ2) is 5.42. The first-order valence-corrected chi connectivity index (χ1v) is 7.77. The van der Waals surface area contributed by atoms with Crippen molar-refractivity contribution in [1.29, 1.82) is 0 Å². The average molecular weight is 270 g/mol. The van der Waals surface area contributed by atoms with Gasteiger partial charge in [-0.3, -0.25) is 10.1 Å². The number of hydrogen-bond donors (Lipinski definition) is 2. The highest BCUT2D eigenvalue weighted by Crippen LogP contribution is 2.34. The summed E-state index contributed by atoms with van der Waals surface area (Å²) < 4.78 is 0. The summed E-state index contributed by atoms with van der Waals surface area (Å²) in [7, 11) is 0. The summed E-state index contributed by atoms with van der Waals surface area (Å²) in [5.74, 6) is 0.908. The van der Waals surface area contributed by atoms with Crippen molar-refractivity contribution in [2.75, 3.05) is 5.75 Å². The molecule has 0 saturated carbocycles. The second-order valence-electron chi connectivity index (χ2n) is 4.39. The average Bonchev–Trinajstić information content (AvgIpc) is 2.81. The zero-order valence-electron chi connectivity index (χ0n) is 9.94. The molecule has 5 heteroatoms. The summed E-state index contributed by atoms with van der Waals surface area (Å²) in [6.07, 6.45) is 1.90. The van der Waals surface area contributed by atoms with E-state index in [9.17, 15) is 4.79 Å². The van der Waals surface area contributed by atoms with Crippen LogP contribution in [0.2, 0.25) is 0 Å². The number of nitrogens with one attached hydrogen (secondary N) is 1. The van der Waals surface area contributed by atoms with Crippen molar-refractivity contribution < 1.29 is 4.79 Å². The predicted molar refractivity (Wildman–Crippen MR) is 74.2 cm³/mol. The third kappa shape index (κ3) is 2.67. The Morgan fingerprint density at radius 2 is 2.53 bits per heavy atom. The van der Waals surface area contributed by atoms with Gasteiger partial charge in [0.05, 0.1) is 0 Å². The first kappa shape index (κ1) is 12.9. The summed E-state index contributed by atoms with van der Waals surface area (Å²) in [4.78, 5) is 13.0. The Morgan fingerprint density at radius 3 is 3.12 bits per heavy atom. The largest absolute Gasteiger partial charge is 0.368 e. The maximum Gasteiger partial charge on any atom is 0.238 e. The molecule has 1 saturated heterocycles. The number of thiophene rings is 1. The van der Waals surface area contributed by atoms with E-state index in [0.717, 1.165) is 25.1 Å². The zero-order chi connectivity index (χ0) is 12.3. The van der Waals surface area contributed by atoms with Gasteiger partial charge in [0.25, 0.3) is 0 Å². The molecule has 2 rings (SSSR count). The van der Waals surface area contributed by atoms with Crippen molar-refractivity contribution in [2.45, 2.75) is 37.1 Å². The second-order valence-corrected chi connectivity index (χ2v) is 6.87. The van der Waals surface area contributed by atoms with Crippen LogP contribution in [0.3, 0.4) is 0 Å². The van der Waals surface area contributed by atoms with Gasteiger partial charge in [-0.1, -0.05) is 13.0 Å². The van der Waals surface area contributed by atoms with Crippen LogP contribution in [0.1, 0.15) is 24.6 Å². The normalized spacial score (nSPS) is 29.1. The van der Waals surface area contributed by atoms with Crippen molar-refractivity contribution in [3.05, 3.63) is 22.4 Å². The third-order valence-electron chi connectivity index (χ3n) is 3.38. The fourth-order valence-electron chi connectivity index (χ4n) is 2.26. The molecule has 0 radical (unpaired) electrons. The molecule has 0 bridgehead atoms. The SMILES string of the molecule is CC1SCCCC1(NCc1cccs1)C(N)=O. The molecule has 0 aliphatic carbocycles. The molecule has 1 aromatic heterocycles. The molecule has 2 unspecified atom stereocenters. The first-order valence-electron chi connectivity index (χ1n) is 5.84. The lowest BCUT2D eigenvalue weighted by Gasteiger charge is -2.40. The third-order valence-corrected chi connectivity index (χ3v) is 5.68. The Bertz CT molecular complexity index is 380. The fraction of sp³-hybridized carbons (Fsp3) is 0.583. The number of amides is 1. The molecule has 1 aliphatic rings. The molecule has 0 spiro atoms. The highest BCUT2D eigenvalue weighted by atomic mass is 32.2. The molecule has 94 valence electrons. The number of nitrogens with two attached hydrogens (primary N) is 1. The van der Waals surface area contributed by atoms with E-state index in [1.807, 2.05) is 23.2 Å². The number of rotatable bonds is 4. The van der Waals surface area contributed by atoms with Crippen LogP contribution in [0.5, 0.6) is 0 Å². The molecule has 1 aromatic rings. The van der Waals surface area contributed by atoms with Gasteiger partial charge in [-0.05, 0) is 30.0 Å². The van der Waals surface area contributed by atoms with E-state index in [0.29, 0.717) is 0 Å². The summed E-state index contributed by atoms with van der Waals surface area (Å²) >= 11 is 3.53. The van der Waals surface area contributed by atoms with Crippen LogP contribution >= 0.6 is 23.1 Å². The lowest BCUT2D eigenvalue weighted by Crippen LogP contribution is -2.62. The zero-order valence-corrected chi connectivity index (χ0v) is 11.6. The lowest BCUT2D eigenvalue weighted by molar-refractivity contribution is -0.124. The summed E-state index contributed by atoms with van der Waals surface area (Å²) in [5, 5.41) is 5.69. The van der Waals surface area contributed by atoms with Crippen LogP contribution in [-0.4, -0.2) is 22.4 Å². The van der Waals surface area contributed by atoms with Crippen molar-refractivity contribution in [3.8, 4) is 0 Å². The molecule has 0 aromatic carbocycles. The molecule has 3 nitrogen and oxygen atoms in total. The molecule has 1 fully saturated rings. The van der Waals surface area contributed by atoms with Crippen molar-refractivity contribution in [2.24, 2.45) is 5.73 Å². The van der Waals surface area contributed by atoms with Crippen molar-refractivity contribution in [1.82, 2.24) is 5.32 Å². The first-order chi connectivity index (χ1) is 8.15. The van der Waals surface area contributed by atoms with Crippen LogP contribution in [0.4, 0.5) is 0 Å². The highest BCUT2D eigenvalue weighted by Gasteiger charge is 2.43. The minimum atomic E-state index is -0.535. The molecule has 1 amide bonds. The maximum absolute atomic E-state index is 11.8. The Morgan fingerprint density at radius 1 is 1.71 bits per heavy atom. The Balaban J connectivity index is 2.08. The molecule has 2 heterocycles. The van der Waals surface area contributed by atoms with E-state index in [1.54, 1.807) is 11.3 Å². The Hall–Kier alpha value is -0.520. The number of thioether (sulfide) groups is 1. The molecule has 1 aliphatic heterocycles. The van der Waals surface area contributed by atoms with Gasteiger partial charge in [-0.2, -0.15) is 11.8 Å². The standard InChI is InChI=1S/C12H18N2OS2/c1-9-12(11(13)15,5-3-7-16-9)14-8-10-4-2-6-17-10/h2,4,6,9,14H,3,5,7-8H2,1H3,(H2,13,15). The van der Waals surface area contributed by atoms with E-state index in [1.165, 1.54) is 4.88 Å². The van der Waals surface area contributed by atoms with Gasteiger partial charge >= 0.3 is 0 Å². The minimum Gasteiger partial charge on any atom is -0.368 e. The maximum atomic E-state index is 11.8. The van der Waals surface area contributed by atoms with Crippen molar-refractivity contribution in [3.63, 3.8) is 0 Å². The number of carbonyl (C=O) groups is 1. The van der Waals surface area contributed by atoms with Gasteiger partial charge in [0.1, 0.15) is 5.54 Å². The van der Waals surface area contributed by atoms with Crippen LogP contribution in [0.15, 0.2) is 17.5 Å². The Kier molecular flexibility index (Phi) is 4.12. The van der Waals surface area contributed by atoms with Crippen LogP contribution < -0.4 is 11.1 Å². The van der Waals surface area contributed by atoms with Crippen molar-refractivity contribution >= 4 is 29.0 Å². The summed E-state index contributed by atoms with van der Waals surface area (Å²) in [6, 6.07) is 4.10. The monoisotopic (exact) mass is 270 g/mol. The van der Waals surface area contributed by atoms with Crippen LogP contribution in [-0.2, 0) is 11.3 Å². The van der Waals surface area contributed by atoms with E-state index >= 15 is 0 Å². The quantitative estimate of drug-likeness (QED) is 0.879. The molecule has 17 heavy (non-hydrogen) atoms. The Labute approximate surface area is 110 Å². The van der Waals surface area contributed by atoms with Gasteiger partial charge in [0, 0.05) is 16.7 Å². The van der Waals surface area contributed by atoms with Gasteiger partial charge in [0.2, 0.25) is 5.91 Å². The summed E-state index contributed by atoms with van der Waals surface area (Å²) in [6.45, 7) is 2.82. The molecule has 2 atom stereocenters.